The van der Waals surface area contributed by atoms with E-state index in [-0.39, 0.29) is 0 Å². The molecule has 6 heteroatoms. The second kappa shape index (κ2) is 5.48. The summed E-state index contributed by atoms with van der Waals surface area (Å²) >= 11 is 3.24. The minimum absolute atomic E-state index is 0.499. The number of hydrogen-bond acceptors (Lipinski definition) is 2. The summed E-state index contributed by atoms with van der Waals surface area (Å²) in [5.74, 6) is 0. The second-order valence-corrected chi connectivity index (χ2v) is 5.11. The smallest absolute Gasteiger partial charge is 0.369 e. The summed E-state index contributed by atoms with van der Waals surface area (Å²) in [6.07, 6.45) is -3.30. The highest BCUT2D eigenvalue weighted by molar-refractivity contribution is 9.10. The van der Waals surface area contributed by atoms with Crippen LogP contribution in [0.3, 0.4) is 0 Å². The van der Waals surface area contributed by atoms with Crippen LogP contribution in [0.25, 0.3) is 0 Å². The zero-order valence-electron chi connectivity index (χ0n) is 9.73. The molecule has 0 aromatic heterocycles. The molecule has 0 atom stereocenters. The molecule has 1 aliphatic rings. The first kappa shape index (κ1) is 13.7. The molecule has 1 aromatic carbocycles. The van der Waals surface area contributed by atoms with Crippen LogP contribution in [0.2, 0.25) is 0 Å². The van der Waals surface area contributed by atoms with E-state index in [1.807, 2.05) is 0 Å². The van der Waals surface area contributed by atoms with Crippen molar-refractivity contribution >= 4 is 21.6 Å². The summed E-state index contributed by atoms with van der Waals surface area (Å²) in [6.45, 7) is 3.48. The van der Waals surface area contributed by atoms with E-state index in [0.29, 0.717) is 4.47 Å². The van der Waals surface area contributed by atoms with Crippen molar-refractivity contribution < 1.29 is 13.2 Å². The molecule has 0 bridgehead atoms. The van der Waals surface area contributed by atoms with Gasteiger partial charge in [0.05, 0.1) is 11.3 Å². The molecule has 1 aliphatic heterocycles. The minimum Gasteiger partial charge on any atom is -0.369 e. The van der Waals surface area contributed by atoms with Crippen LogP contribution in [0.4, 0.5) is 18.9 Å². The van der Waals surface area contributed by atoms with E-state index in [1.165, 1.54) is 6.07 Å². The van der Waals surface area contributed by atoms with E-state index >= 15 is 0 Å². The highest BCUT2D eigenvalue weighted by Gasteiger charge is 2.31. The van der Waals surface area contributed by atoms with E-state index in [1.54, 1.807) is 0 Å². The van der Waals surface area contributed by atoms with Crippen molar-refractivity contribution in [3.05, 3.63) is 28.2 Å². The van der Waals surface area contributed by atoms with E-state index in [2.05, 4.69) is 26.1 Å². The lowest BCUT2D eigenvalue weighted by molar-refractivity contribution is -0.137. The first-order valence-corrected chi connectivity index (χ1v) is 6.60. The Morgan fingerprint density at radius 1 is 1.17 bits per heavy atom. The van der Waals surface area contributed by atoms with Crippen LogP contribution in [-0.4, -0.2) is 26.2 Å². The molecule has 1 fully saturated rings. The van der Waals surface area contributed by atoms with Gasteiger partial charge in [0.15, 0.2) is 0 Å². The molecular weight excluding hydrogens is 309 g/mol. The lowest BCUT2D eigenvalue weighted by Crippen LogP contribution is -2.28. The van der Waals surface area contributed by atoms with Crippen molar-refractivity contribution in [2.24, 2.45) is 0 Å². The summed E-state index contributed by atoms with van der Waals surface area (Å²) in [5, 5.41) is 3.27. The van der Waals surface area contributed by atoms with Gasteiger partial charge < -0.3 is 10.2 Å². The number of hydrogen-bond donors (Lipinski definition) is 1. The van der Waals surface area contributed by atoms with E-state index < -0.39 is 11.7 Å². The molecule has 0 amide bonds. The maximum atomic E-state index is 12.6. The van der Waals surface area contributed by atoms with Gasteiger partial charge in [-0.25, -0.2) is 0 Å². The third-order valence-corrected chi connectivity index (χ3v) is 3.59. The van der Waals surface area contributed by atoms with Gasteiger partial charge >= 0.3 is 6.18 Å². The van der Waals surface area contributed by atoms with Gasteiger partial charge in [0.25, 0.3) is 0 Å². The Balaban J connectivity index is 2.23. The lowest BCUT2D eigenvalue weighted by atomic mass is 10.2. The first-order valence-electron chi connectivity index (χ1n) is 5.81. The van der Waals surface area contributed by atoms with Crippen LogP contribution in [0.1, 0.15) is 12.0 Å². The summed E-state index contributed by atoms with van der Waals surface area (Å²) in [6, 6.07) is 3.82. The first-order chi connectivity index (χ1) is 8.48. The van der Waals surface area contributed by atoms with Crippen LogP contribution in [0, 0.1) is 0 Å². The number of rotatable bonds is 1. The van der Waals surface area contributed by atoms with Crippen molar-refractivity contribution in [3.63, 3.8) is 0 Å². The largest absolute Gasteiger partial charge is 0.416 e. The summed E-state index contributed by atoms with van der Waals surface area (Å²) in [4.78, 5) is 2.10. The van der Waals surface area contributed by atoms with Crippen molar-refractivity contribution in [1.82, 2.24) is 5.32 Å². The summed E-state index contributed by atoms with van der Waals surface area (Å²) in [7, 11) is 0. The fourth-order valence-electron chi connectivity index (χ4n) is 2.03. The fourth-order valence-corrected chi connectivity index (χ4v) is 2.66. The molecule has 2 rings (SSSR count). The van der Waals surface area contributed by atoms with Crippen molar-refractivity contribution in [2.75, 3.05) is 31.1 Å². The molecule has 18 heavy (non-hydrogen) atoms. The number of benzene rings is 1. The molecule has 1 saturated heterocycles. The van der Waals surface area contributed by atoms with Gasteiger partial charge in [-0.1, -0.05) is 0 Å². The lowest BCUT2D eigenvalue weighted by Gasteiger charge is -2.24. The summed E-state index contributed by atoms with van der Waals surface area (Å²) < 4.78 is 38.2. The molecule has 1 aromatic rings. The van der Waals surface area contributed by atoms with Crippen molar-refractivity contribution in [3.8, 4) is 0 Å². The highest BCUT2D eigenvalue weighted by atomic mass is 79.9. The third kappa shape index (κ3) is 3.17. The molecule has 0 saturated carbocycles. The predicted molar refractivity (Wildman–Crippen MR) is 68.8 cm³/mol. The molecule has 0 radical (unpaired) electrons. The Labute approximate surface area is 112 Å². The van der Waals surface area contributed by atoms with Crippen molar-refractivity contribution in [2.45, 2.75) is 12.6 Å². The zero-order valence-corrected chi connectivity index (χ0v) is 11.3. The quantitative estimate of drug-likeness (QED) is 0.853. The van der Waals surface area contributed by atoms with Gasteiger partial charge in [-0.05, 0) is 47.1 Å². The van der Waals surface area contributed by atoms with Crippen LogP contribution < -0.4 is 10.2 Å². The Morgan fingerprint density at radius 3 is 2.61 bits per heavy atom. The number of halogens is 4. The van der Waals surface area contributed by atoms with Gasteiger partial charge in [-0.15, -0.1) is 0 Å². The molecule has 2 nitrogen and oxygen atoms in total. The highest BCUT2D eigenvalue weighted by Crippen LogP contribution is 2.35. The Morgan fingerprint density at radius 2 is 1.94 bits per heavy atom. The fraction of sp³-hybridized carbons (Fsp3) is 0.500. The molecular formula is C12H14BrF3N2. The standard InChI is InChI=1S/C12H14BrF3N2/c13-10-8-9(12(14,15)16)2-3-11(10)18-6-1-4-17-5-7-18/h2-3,8,17H,1,4-7H2. The second-order valence-electron chi connectivity index (χ2n) is 4.25. The van der Waals surface area contributed by atoms with Crippen LogP contribution in [0.15, 0.2) is 22.7 Å². The molecule has 0 spiro atoms. The third-order valence-electron chi connectivity index (χ3n) is 2.96. The average molecular weight is 323 g/mol. The van der Waals surface area contributed by atoms with Crippen LogP contribution >= 0.6 is 15.9 Å². The van der Waals surface area contributed by atoms with Gasteiger partial charge in [-0.2, -0.15) is 13.2 Å². The minimum atomic E-state index is -4.29. The Kier molecular flexibility index (Phi) is 4.17. The zero-order chi connectivity index (χ0) is 13.2. The van der Waals surface area contributed by atoms with Gasteiger partial charge in [-0.3, -0.25) is 0 Å². The van der Waals surface area contributed by atoms with Gasteiger partial charge in [0.1, 0.15) is 0 Å². The number of nitrogens with one attached hydrogen (secondary N) is 1. The van der Waals surface area contributed by atoms with E-state index in [4.69, 9.17) is 0 Å². The molecule has 1 N–H and O–H groups in total. The average Bonchev–Trinajstić information content (AvgIpc) is 2.56. The summed E-state index contributed by atoms with van der Waals surface area (Å²) in [5.41, 5.74) is 0.206. The number of alkyl halides is 3. The molecule has 0 unspecified atom stereocenters. The van der Waals surface area contributed by atoms with Crippen molar-refractivity contribution in [1.29, 1.82) is 0 Å². The maximum Gasteiger partial charge on any atom is 0.416 e. The number of anilines is 1. The molecule has 0 aliphatic carbocycles. The topological polar surface area (TPSA) is 15.3 Å². The molecule has 1 heterocycles. The maximum absolute atomic E-state index is 12.6. The van der Waals surface area contributed by atoms with E-state index in [9.17, 15) is 13.2 Å². The monoisotopic (exact) mass is 322 g/mol. The molecule has 100 valence electrons. The number of nitrogens with zero attached hydrogens (tertiary/aromatic N) is 1. The normalized spacial score (nSPS) is 17.7. The van der Waals surface area contributed by atoms with Crippen LogP contribution in [0.5, 0.6) is 0 Å². The van der Waals surface area contributed by atoms with Gasteiger partial charge in [0, 0.05) is 24.1 Å². The SMILES string of the molecule is FC(F)(F)c1ccc(N2CCCNCC2)c(Br)c1. The van der Waals surface area contributed by atoms with Gasteiger partial charge in [0.2, 0.25) is 0 Å². The van der Waals surface area contributed by atoms with Crippen LogP contribution in [-0.2, 0) is 6.18 Å². The van der Waals surface area contributed by atoms with E-state index in [0.717, 1.165) is 50.4 Å². The predicted octanol–water partition coefficient (Wildman–Crippen LogP) is 3.27. The Bertz CT molecular complexity index is 412. The Hall–Kier alpha value is -0.750.